The summed E-state index contributed by atoms with van der Waals surface area (Å²) in [5, 5.41) is 27.0. The van der Waals surface area contributed by atoms with E-state index in [0.29, 0.717) is 39.3 Å². The van der Waals surface area contributed by atoms with E-state index >= 15 is 0 Å². The van der Waals surface area contributed by atoms with Crippen molar-refractivity contribution in [3.05, 3.63) is 0 Å². The van der Waals surface area contributed by atoms with Crippen LogP contribution in [0.3, 0.4) is 0 Å². The van der Waals surface area contributed by atoms with Crippen LogP contribution in [0.25, 0.3) is 0 Å². The van der Waals surface area contributed by atoms with Crippen LogP contribution in [0.2, 0.25) is 0 Å². The van der Waals surface area contributed by atoms with Gasteiger partial charge in [-0.1, -0.05) is 0 Å². The Bertz CT molecular complexity index is 1230. The van der Waals surface area contributed by atoms with E-state index in [1.807, 2.05) is 0 Å². The largest absolute Gasteiger partial charge is 0.480 e. The zero-order chi connectivity index (χ0) is 36.5. The summed E-state index contributed by atoms with van der Waals surface area (Å²) in [6.07, 6.45) is -0.172. The number of hydrogen-bond acceptors (Lipinski definition) is 14. The molecule has 0 aromatic heterocycles. The van der Waals surface area contributed by atoms with Gasteiger partial charge in [-0.05, 0) is 0 Å². The van der Waals surface area contributed by atoms with Crippen molar-refractivity contribution in [2.24, 2.45) is 11.5 Å². The highest BCUT2D eigenvalue weighted by Gasteiger charge is 2.39. The summed E-state index contributed by atoms with van der Waals surface area (Å²) in [5.74, 6) is -6.51. The van der Waals surface area contributed by atoms with Crippen LogP contribution in [0.15, 0.2) is 0 Å². The molecule has 0 aliphatic carbocycles. The van der Waals surface area contributed by atoms with Crippen molar-refractivity contribution in [2.45, 2.75) is 17.7 Å². The number of nitrogens with one attached hydrogen (secondary N) is 4. The van der Waals surface area contributed by atoms with Crippen LogP contribution in [-0.2, 0) is 43.2 Å². The SMILES string of the molecule is NCC(=O)NCC(=O)NCC(=O)NC(CSC1CC(=O)N(CCNC(=O)CN2CCN(CC(=O)O)CCN(CC(=O)O)CC2)C1=O)C(N)=O. The standard InChI is InChI=1S/C27H44N10O11S/c28-10-19(38)31-11-20(39)32-12-21(40)33-17(26(29)47)16-49-18-9-23(42)37(27(18)48)2-1-30-22(41)13-34-3-5-35(14-24(43)44)7-8-36(6-4-34)15-25(45)46/h17-18H,1-16,28H2,(H2,29,47)(H,30,41)(H,31,38)(H,32,39)(H,33,40)(H,43,44)(H,45,46). The van der Waals surface area contributed by atoms with Gasteiger partial charge in [-0.3, -0.25) is 62.8 Å². The number of primary amides is 1. The number of carbonyl (C=O) groups is 9. The van der Waals surface area contributed by atoms with E-state index in [0.717, 1.165) is 16.7 Å². The topological polar surface area (TPSA) is 307 Å². The number of amides is 7. The van der Waals surface area contributed by atoms with Crippen molar-refractivity contribution < 1.29 is 53.4 Å². The number of carbonyl (C=O) groups excluding carboxylic acids is 7. The number of rotatable bonds is 19. The molecule has 0 aromatic rings. The minimum atomic E-state index is -1.22. The minimum Gasteiger partial charge on any atom is -0.480 e. The smallest absolute Gasteiger partial charge is 0.317 e. The second kappa shape index (κ2) is 20.9. The molecule has 7 amide bonds. The van der Waals surface area contributed by atoms with E-state index < -0.39 is 77.7 Å². The number of aliphatic carboxylic acids is 2. The van der Waals surface area contributed by atoms with Gasteiger partial charge in [0, 0.05) is 64.5 Å². The van der Waals surface area contributed by atoms with E-state index in [9.17, 15) is 53.4 Å². The molecule has 0 spiro atoms. The van der Waals surface area contributed by atoms with E-state index in [4.69, 9.17) is 11.5 Å². The fraction of sp³-hybridized carbons (Fsp3) is 0.667. The van der Waals surface area contributed by atoms with Crippen LogP contribution in [0, 0.1) is 0 Å². The molecule has 2 heterocycles. The average Bonchev–Trinajstić information content (AvgIpc) is 3.34. The number of carboxylic acids is 2. The molecular weight excluding hydrogens is 672 g/mol. The van der Waals surface area contributed by atoms with Crippen LogP contribution in [-0.4, -0.2) is 192 Å². The van der Waals surface area contributed by atoms with E-state index in [-0.39, 0.29) is 51.4 Å². The molecule has 0 radical (unpaired) electrons. The molecule has 21 nitrogen and oxygen atoms in total. The van der Waals surface area contributed by atoms with Crippen LogP contribution in [0.5, 0.6) is 0 Å². The van der Waals surface area contributed by atoms with Gasteiger partial charge in [0.05, 0.1) is 44.5 Å². The summed E-state index contributed by atoms with van der Waals surface area (Å²) in [5.41, 5.74) is 10.5. The Labute approximate surface area is 285 Å². The summed E-state index contributed by atoms with van der Waals surface area (Å²) in [7, 11) is 0. The first-order valence-corrected chi connectivity index (χ1v) is 16.4. The summed E-state index contributed by atoms with van der Waals surface area (Å²) < 4.78 is 0. The maximum atomic E-state index is 12.9. The van der Waals surface area contributed by atoms with Crippen LogP contribution in [0.1, 0.15) is 6.42 Å². The molecule has 0 bridgehead atoms. The lowest BCUT2D eigenvalue weighted by molar-refractivity contribution is -0.140. The fourth-order valence-electron chi connectivity index (χ4n) is 4.77. The Hall–Kier alpha value is -4.38. The minimum absolute atomic E-state index is 0.0423. The predicted molar refractivity (Wildman–Crippen MR) is 171 cm³/mol. The van der Waals surface area contributed by atoms with Gasteiger partial charge in [0.1, 0.15) is 6.04 Å². The third kappa shape index (κ3) is 15.6. The zero-order valence-electron chi connectivity index (χ0n) is 26.9. The first kappa shape index (κ1) is 40.8. The zero-order valence-corrected chi connectivity index (χ0v) is 27.7. The molecule has 2 atom stereocenters. The van der Waals surface area contributed by atoms with E-state index in [1.165, 1.54) is 0 Å². The maximum absolute atomic E-state index is 12.9. The molecule has 274 valence electrons. The quantitative estimate of drug-likeness (QED) is 0.0576. The number of imide groups is 1. The van der Waals surface area contributed by atoms with Crippen molar-refractivity contribution in [2.75, 3.05) is 97.4 Å². The van der Waals surface area contributed by atoms with Crippen LogP contribution in [0.4, 0.5) is 0 Å². The highest BCUT2D eigenvalue weighted by molar-refractivity contribution is 8.00. The molecule has 2 saturated heterocycles. The molecule has 0 saturated carbocycles. The normalized spacial score (nSPS) is 18.5. The summed E-state index contributed by atoms with van der Waals surface area (Å²) in [6.45, 7) is 0.218. The van der Waals surface area contributed by atoms with Crippen molar-refractivity contribution in [1.82, 2.24) is 40.9 Å². The van der Waals surface area contributed by atoms with Gasteiger partial charge in [-0.15, -0.1) is 11.8 Å². The maximum Gasteiger partial charge on any atom is 0.317 e. The number of hydrogen-bond donors (Lipinski definition) is 8. The second-order valence-corrected chi connectivity index (χ2v) is 12.4. The molecular formula is C27H44N10O11S. The molecule has 22 heteroatoms. The van der Waals surface area contributed by atoms with Gasteiger partial charge in [0.2, 0.25) is 41.4 Å². The van der Waals surface area contributed by atoms with Crippen molar-refractivity contribution in [1.29, 1.82) is 0 Å². The Kier molecular flexibility index (Phi) is 17.4. The van der Waals surface area contributed by atoms with Gasteiger partial charge in [0.25, 0.3) is 0 Å². The number of nitrogens with two attached hydrogens (primary N) is 2. The van der Waals surface area contributed by atoms with E-state index in [1.54, 1.807) is 14.7 Å². The van der Waals surface area contributed by atoms with Gasteiger partial charge >= 0.3 is 11.9 Å². The van der Waals surface area contributed by atoms with Gasteiger partial charge in [0.15, 0.2) is 0 Å². The average molecular weight is 717 g/mol. The Morgan fingerprint density at radius 3 is 1.78 bits per heavy atom. The third-order valence-corrected chi connectivity index (χ3v) is 8.66. The lowest BCUT2D eigenvalue weighted by Crippen LogP contribution is -2.50. The van der Waals surface area contributed by atoms with Gasteiger partial charge in [-0.25, -0.2) is 0 Å². The third-order valence-electron chi connectivity index (χ3n) is 7.36. The molecule has 10 N–H and O–H groups in total. The number of nitrogens with zero attached hydrogens (tertiary/aromatic N) is 4. The lowest BCUT2D eigenvalue weighted by atomic mass is 10.3. The predicted octanol–water partition coefficient (Wildman–Crippen LogP) is -6.79. The summed E-state index contributed by atoms with van der Waals surface area (Å²) in [4.78, 5) is 114. The highest BCUT2D eigenvalue weighted by atomic mass is 32.2. The van der Waals surface area contributed by atoms with Crippen LogP contribution < -0.4 is 32.7 Å². The number of thioether (sulfide) groups is 1. The van der Waals surface area contributed by atoms with Crippen LogP contribution >= 0.6 is 11.8 Å². The highest BCUT2D eigenvalue weighted by Crippen LogP contribution is 2.25. The van der Waals surface area contributed by atoms with Crippen molar-refractivity contribution in [3.8, 4) is 0 Å². The van der Waals surface area contributed by atoms with E-state index in [2.05, 4.69) is 21.3 Å². The van der Waals surface area contributed by atoms with Crippen molar-refractivity contribution >= 4 is 65.1 Å². The molecule has 0 aromatic carbocycles. The molecule has 2 aliphatic heterocycles. The molecule has 2 unspecified atom stereocenters. The number of carboxylic acid groups (broad SMARTS) is 2. The lowest BCUT2D eigenvalue weighted by Gasteiger charge is -2.24. The summed E-state index contributed by atoms with van der Waals surface area (Å²) in [6, 6.07) is -1.22. The Morgan fingerprint density at radius 2 is 1.27 bits per heavy atom. The Morgan fingerprint density at radius 1 is 0.755 bits per heavy atom. The monoisotopic (exact) mass is 716 g/mol. The molecule has 2 rings (SSSR count). The van der Waals surface area contributed by atoms with Gasteiger partial charge < -0.3 is 42.9 Å². The molecule has 2 fully saturated rings. The first-order valence-electron chi connectivity index (χ1n) is 15.3. The van der Waals surface area contributed by atoms with Crippen molar-refractivity contribution in [3.63, 3.8) is 0 Å². The van der Waals surface area contributed by atoms with Gasteiger partial charge in [-0.2, -0.15) is 0 Å². The second-order valence-electron chi connectivity index (χ2n) is 11.2. The fourth-order valence-corrected chi connectivity index (χ4v) is 5.97. The molecule has 49 heavy (non-hydrogen) atoms. The summed E-state index contributed by atoms with van der Waals surface area (Å²) >= 11 is 0.942. The first-order chi connectivity index (χ1) is 23.2. The number of likely N-dealkylation sites (tertiary alicyclic amines) is 1. The Balaban J connectivity index is 1.81. The molecule has 2 aliphatic rings.